The van der Waals surface area contributed by atoms with E-state index in [1.54, 1.807) is 24.3 Å². The fourth-order valence-electron chi connectivity index (χ4n) is 1.66. The molecular weight excluding hydrogens is 282 g/mol. The average Bonchev–Trinajstić information content (AvgIpc) is 2.46. The number of benzene rings is 2. The summed E-state index contributed by atoms with van der Waals surface area (Å²) in [6.07, 6.45) is -0.972. The number of hydrogen-bond donors (Lipinski definition) is 0. The van der Waals surface area contributed by atoms with Crippen LogP contribution in [0.25, 0.3) is 10.8 Å². The molecule has 0 unspecified atom stereocenters. The van der Waals surface area contributed by atoms with Crippen LogP contribution in [0, 0.1) is 0 Å². The Labute approximate surface area is 119 Å². The Balaban J connectivity index is 2.26. The van der Waals surface area contributed by atoms with Crippen molar-refractivity contribution in [2.75, 3.05) is 7.05 Å². The third-order valence-electron chi connectivity index (χ3n) is 2.69. The molecule has 0 bridgehead atoms. The van der Waals surface area contributed by atoms with Gasteiger partial charge in [0.1, 0.15) is 5.75 Å². The van der Waals surface area contributed by atoms with Crippen molar-refractivity contribution in [3.8, 4) is 5.75 Å². The first-order valence-electron chi connectivity index (χ1n) is 5.68. The van der Waals surface area contributed by atoms with E-state index in [1.165, 1.54) is 0 Å². The molecule has 2 amide bonds. The molecule has 0 aliphatic heterocycles. The summed E-state index contributed by atoms with van der Waals surface area (Å²) < 4.78 is 5.12. The van der Waals surface area contributed by atoms with E-state index < -0.39 is 17.2 Å². The van der Waals surface area contributed by atoms with Crippen molar-refractivity contribution in [1.29, 1.82) is 0 Å². The minimum absolute atomic E-state index is 0.301. The summed E-state index contributed by atoms with van der Waals surface area (Å²) in [6.45, 7) is 0. The highest BCUT2D eigenvalue weighted by atomic mass is 35.5. The number of rotatable bonds is 2. The normalized spacial score (nSPS) is 10.1. The fourth-order valence-corrected chi connectivity index (χ4v) is 1.79. The molecule has 6 heteroatoms. The van der Waals surface area contributed by atoms with E-state index in [-0.39, 0.29) is 0 Å². The van der Waals surface area contributed by atoms with Gasteiger partial charge < -0.3 is 4.74 Å². The second-order valence-corrected chi connectivity index (χ2v) is 4.33. The summed E-state index contributed by atoms with van der Waals surface area (Å²) >= 11 is 5.03. The Morgan fingerprint density at radius 1 is 1.05 bits per heavy atom. The molecule has 0 saturated carbocycles. The molecule has 0 N–H and O–H groups in total. The molecule has 2 aromatic carbocycles. The van der Waals surface area contributed by atoms with Crippen molar-refractivity contribution in [1.82, 2.24) is 4.90 Å². The molecule has 0 atom stereocenters. The molecule has 102 valence electrons. The minimum atomic E-state index is -1.25. The van der Waals surface area contributed by atoms with Crippen molar-refractivity contribution < 1.29 is 19.1 Å². The molecule has 2 aromatic rings. The number of halogens is 1. The van der Waals surface area contributed by atoms with Crippen LogP contribution in [0.4, 0.5) is 4.79 Å². The number of carbonyl (C=O) groups excluding carboxylic acids is 3. The first kappa shape index (κ1) is 14.0. The van der Waals surface area contributed by atoms with E-state index in [9.17, 15) is 14.4 Å². The number of nitrogens with zero attached hydrogens (tertiary/aromatic N) is 1. The SMILES string of the molecule is CN(C(=O)Oc1cccc2ccccc12)C(=O)C(=O)Cl. The standard InChI is InChI=1S/C14H10ClNO4/c1-16(13(18)12(15)17)14(19)20-11-8-4-6-9-5-2-3-7-10(9)11/h2-8H,1H3. The minimum Gasteiger partial charge on any atom is -0.409 e. The van der Waals surface area contributed by atoms with Gasteiger partial charge in [0.25, 0.3) is 0 Å². The van der Waals surface area contributed by atoms with E-state index in [1.807, 2.05) is 18.2 Å². The van der Waals surface area contributed by atoms with Gasteiger partial charge in [0.15, 0.2) is 0 Å². The predicted molar refractivity (Wildman–Crippen MR) is 73.6 cm³/mol. The maximum atomic E-state index is 11.8. The first-order chi connectivity index (χ1) is 9.50. The van der Waals surface area contributed by atoms with Gasteiger partial charge in [0.2, 0.25) is 0 Å². The molecule has 0 radical (unpaired) electrons. The Hall–Kier alpha value is -2.40. The highest BCUT2D eigenvalue weighted by Crippen LogP contribution is 2.25. The van der Waals surface area contributed by atoms with E-state index in [4.69, 9.17) is 16.3 Å². The van der Waals surface area contributed by atoms with Gasteiger partial charge in [-0.25, -0.2) is 9.69 Å². The van der Waals surface area contributed by atoms with Crippen LogP contribution in [0.1, 0.15) is 0 Å². The van der Waals surface area contributed by atoms with Crippen LogP contribution < -0.4 is 4.74 Å². The quantitative estimate of drug-likeness (QED) is 0.630. The summed E-state index contributed by atoms with van der Waals surface area (Å²) in [5, 5.41) is 0.365. The lowest BCUT2D eigenvalue weighted by Gasteiger charge is -2.14. The molecule has 0 aromatic heterocycles. The zero-order valence-electron chi connectivity index (χ0n) is 10.5. The Kier molecular flexibility index (Phi) is 4.00. The number of fused-ring (bicyclic) bond motifs is 1. The highest BCUT2D eigenvalue weighted by molar-refractivity contribution is 6.81. The monoisotopic (exact) mass is 291 g/mol. The summed E-state index contributed by atoms with van der Waals surface area (Å²) in [7, 11) is 1.12. The van der Waals surface area contributed by atoms with Gasteiger partial charge in [0.05, 0.1) is 0 Å². The fraction of sp³-hybridized carbons (Fsp3) is 0.0714. The number of ether oxygens (including phenoxy) is 1. The van der Waals surface area contributed by atoms with E-state index in [0.29, 0.717) is 10.6 Å². The molecule has 0 aliphatic rings. The lowest BCUT2D eigenvalue weighted by molar-refractivity contribution is -0.138. The average molecular weight is 292 g/mol. The molecule has 5 nitrogen and oxygen atoms in total. The molecule has 0 spiro atoms. The van der Waals surface area contributed by atoms with Crippen molar-refractivity contribution in [2.45, 2.75) is 0 Å². The smallest absolute Gasteiger partial charge is 0.409 e. The van der Waals surface area contributed by atoms with Gasteiger partial charge >= 0.3 is 17.2 Å². The van der Waals surface area contributed by atoms with Crippen LogP contribution in [0.3, 0.4) is 0 Å². The van der Waals surface area contributed by atoms with Crippen LogP contribution in [0.2, 0.25) is 0 Å². The van der Waals surface area contributed by atoms with Crippen molar-refractivity contribution in [3.05, 3.63) is 42.5 Å². The van der Waals surface area contributed by atoms with Crippen LogP contribution in [0.5, 0.6) is 5.75 Å². The van der Waals surface area contributed by atoms with E-state index in [2.05, 4.69) is 0 Å². The lowest BCUT2D eigenvalue weighted by Crippen LogP contribution is -2.38. The van der Waals surface area contributed by atoms with Crippen LogP contribution in [-0.2, 0) is 9.59 Å². The topological polar surface area (TPSA) is 63.7 Å². The third-order valence-corrected chi connectivity index (χ3v) is 2.86. The van der Waals surface area contributed by atoms with Gasteiger partial charge in [-0.1, -0.05) is 36.4 Å². The Morgan fingerprint density at radius 3 is 2.40 bits per heavy atom. The van der Waals surface area contributed by atoms with Crippen LogP contribution >= 0.6 is 11.6 Å². The largest absolute Gasteiger partial charge is 0.422 e. The molecular formula is C14H10ClNO4. The number of carbonyl (C=O) groups is 3. The number of likely N-dealkylation sites (N-methyl/N-ethyl adjacent to an activating group) is 1. The zero-order valence-corrected chi connectivity index (χ0v) is 11.3. The molecule has 0 heterocycles. The van der Waals surface area contributed by atoms with Crippen LogP contribution in [-0.4, -0.2) is 29.2 Å². The summed E-state index contributed by atoms with van der Waals surface area (Å²) in [4.78, 5) is 34.3. The third kappa shape index (κ3) is 2.78. The van der Waals surface area contributed by atoms with E-state index in [0.717, 1.165) is 17.8 Å². The van der Waals surface area contributed by atoms with Gasteiger partial charge in [-0.3, -0.25) is 9.59 Å². The highest BCUT2D eigenvalue weighted by Gasteiger charge is 2.24. The van der Waals surface area contributed by atoms with Gasteiger partial charge in [0, 0.05) is 12.4 Å². The zero-order chi connectivity index (χ0) is 14.7. The summed E-state index contributed by atoms with van der Waals surface area (Å²) in [6, 6.07) is 12.5. The molecule has 0 fully saturated rings. The maximum Gasteiger partial charge on any atom is 0.422 e. The summed E-state index contributed by atoms with van der Waals surface area (Å²) in [5.41, 5.74) is 0. The lowest BCUT2D eigenvalue weighted by atomic mass is 10.1. The summed E-state index contributed by atoms with van der Waals surface area (Å²) in [5.74, 6) is -0.841. The Morgan fingerprint density at radius 2 is 1.70 bits per heavy atom. The number of amides is 2. The number of hydrogen-bond acceptors (Lipinski definition) is 4. The van der Waals surface area contributed by atoms with E-state index >= 15 is 0 Å². The van der Waals surface area contributed by atoms with Crippen molar-refractivity contribution >= 4 is 39.6 Å². The second-order valence-electron chi connectivity index (χ2n) is 3.98. The predicted octanol–water partition coefficient (Wildman–Crippen LogP) is 2.56. The van der Waals surface area contributed by atoms with Gasteiger partial charge in [-0.2, -0.15) is 0 Å². The molecule has 0 aliphatic carbocycles. The van der Waals surface area contributed by atoms with Gasteiger partial charge in [-0.05, 0) is 23.1 Å². The molecule has 0 saturated heterocycles. The second kappa shape index (κ2) is 5.71. The molecule has 2 rings (SSSR count). The maximum absolute atomic E-state index is 11.8. The number of imide groups is 1. The van der Waals surface area contributed by atoms with Crippen LogP contribution in [0.15, 0.2) is 42.5 Å². The first-order valence-corrected chi connectivity index (χ1v) is 6.05. The van der Waals surface area contributed by atoms with Crippen molar-refractivity contribution in [3.63, 3.8) is 0 Å². The molecule has 20 heavy (non-hydrogen) atoms. The van der Waals surface area contributed by atoms with Crippen molar-refractivity contribution in [2.24, 2.45) is 0 Å². The van der Waals surface area contributed by atoms with Gasteiger partial charge in [-0.15, -0.1) is 0 Å². The Bertz CT molecular complexity index is 693.